The van der Waals surface area contributed by atoms with Crippen LogP contribution in [0.25, 0.3) is 11.3 Å². The predicted octanol–water partition coefficient (Wildman–Crippen LogP) is 2.11. The van der Waals surface area contributed by atoms with E-state index in [0.29, 0.717) is 0 Å². The summed E-state index contributed by atoms with van der Waals surface area (Å²) in [6.45, 7) is 0. The number of furan rings is 1. The van der Waals surface area contributed by atoms with Crippen molar-refractivity contribution in [2.45, 2.75) is 0 Å². The van der Waals surface area contributed by atoms with E-state index in [2.05, 4.69) is 22.7 Å². The van der Waals surface area contributed by atoms with E-state index in [1.165, 1.54) is 0 Å². The maximum atomic E-state index is 5.36. The molecular formula is C12H11N3OS. The van der Waals surface area contributed by atoms with Gasteiger partial charge in [0.2, 0.25) is 0 Å². The quantitative estimate of drug-likeness (QED) is 0.494. The minimum absolute atomic E-state index is 0.136. The van der Waals surface area contributed by atoms with Crippen LogP contribution in [0.5, 0.6) is 0 Å². The number of hydrogen-bond acceptors (Lipinski definition) is 3. The van der Waals surface area contributed by atoms with Gasteiger partial charge in [0, 0.05) is 11.1 Å². The highest BCUT2D eigenvalue weighted by molar-refractivity contribution is 7.80. The van der Waals surface area contributed by atoms with Gasteiger partial charge in [-0.05, 0) is 24.4 Å². The van der Waals surface area contributed by atoms with Crippen molar-refractivity contribution in [3.63, 3.8) is 0 Å². The Balaban J connectivity index is 2.28. The molecule has 1 aromatic carbocycles. The Morgan fingerprint density at radius 3 is 2.82 bits per heavy atom. The lowest BCUT2D eigenvalue weighted by Gasteiger charge is -2.02. The van der Waals surface area contributed by atoms with Gasteiger partial charge in [-0.1, -0.05) is 24.3 Å². The van der Waals surface area contributed by atoms with E-state index in [-0.39, 0.29) is 5.11 Å². The normalized spacial score (nSPS) is 10.6. The van der Waals surface area contributed by atoms with E-state index in [0.717, 1.165) is 16.9 Å². The lowest BCUT2D eigenvalue weighted by Crippen LogP contribution is -2.24. The van der Waals surface area contributed by atoms with Crippen LogP contribution < -0.4 is 11.2 Å². The third kappa shape index (κ3) is 2.92. The number of nitrogens with two attached hydrogens (primary N) is 1. The summed E-state index contributed by atoms with van der Waals surface area (Å²) in [5.41, 5.74) is 9.68. The average molecular weight is 245 g/mol. The Kier molecular flexibility index (Phi) is 3.52. The van der Waals surface area contributed by atoms with Gasteiger partial charge in [-0.2, -0.15) is 5.10 Å². The van der Waals surface area contributed by atoms with E-state index in [1.807, 2.05) is 36.4 Å². The molecule has 0 atom stereocenters. The van der Waals surface area contributed by atoms with Crippen molar-refractivity contribution in [2.24, 2.45) is 10.8 Å². The summed E-state index contributed by atoms with van der Waals surface area (Å²) < 4.78 is 5.36. The highest BCUT2D eigenvalue weighted by Gasteiger charge is 2.04. The van der Waals surface area contributed by atoms with E-state index >= 15 is 0 Å². The molecule has 1 heterocycles. The van der Waals surface area contributed by atoms with Crippen LogP contribution in [-0.4, -0.2) is 11.3 Å². The maximum Gasteiger partial charge on any atom is 0.184 e. The van der Waals surface area contributed by atoms with E-state index < -0.39 is 0 Å². The standard InChI is InChI=1S/C12H11N3OS/c13-12(17)15-14-8-9-4-1-2-5-10(9)11-6-3-7-16-11/h1-8H,(H3,13,15,17). The van der Waals surface area contributed by atoms with Gasteiger partial charge in [0.1, 0.15) is 5.76 Å². The summed E-state index contributed by atoms with van der Waals surface area (Å²) in [7, 11) is 0. The first-order valence-electron chi connectivity index (χ1n) is 4.99. The van der Waals surface area contributed by atoms with E-state index in [4.69, 9.17) is 10.2 Å². The van der Waals surface area contributed by atoms with Crippen molar-refractivity contribution in [1.29, 1.82) is 0 Å². The van der Waals surface area contributed by atoms with Crippen molar-refractivity contribution in [2.75, 3.05) is 0 Å². The number of hydrazone groups is 1. The molecular weight excluding hydrogens is 234 g/mol. The van der Waals surface area contributed by atoms with Crippen molar-refractivity contribution >= 4 is 23.5 Å². The van der Waals surface area contributed by atoms with Gasteiger partial charge in [0.25, 0.3) is 0 Å². The van der Waals surface area contributed by atoms with Crippen molar-refractivity contribution in [3.05, 3.63) is 48.2 Å². The first-order chi connectivity index (χ1) is 8.27. The molecule has 4 nitrogen and oxygen atoms in total. The largest absolute Gasteiger partial charge is 0.464 e. The van der Waals surface area contributed by atoms with Gasteiger partial charge in [-0.3, -0.25) is 5.43 Å². The van der Waals surface area contributed by atoms with E-state index in [1.54, 1.807) is 12.5 Å². The molecule has 0 aliphatic heterocycles. The number of hydrogen-bond donors (Lipinski definition) is 2. The van der Waals surface area contributed by atoms with Gasteiger partial charge in [0.05, 0.1) is 12.5 Å². The van der Waals surface area contributed by atoms with Crippen LogP contribution in [0, 0.1) is 0 Å². The molecule has 0 aliphatic rings. The predicted molar refractivity (Wildman–Crippen MR) is 71.7 cm³/mol. The monoisotopic (exact) mass is 245 g/mol. The fraction of sp³-hybridized carbons (Fsp3) is 0. The molecule has 5 heteroatoms. The van der Waals surface area contributed by atoms with Crippen LogP contribution in [0.4, 0.5) is 0 Å². The Hall–Kier alpha value is -2.14. The van der Waals surface area contributed by atoms with Crippen LogP contribution in [0.1, 0.15) is 5.56 Å². The lowest BCUT2D eigenvalue weighted by molar-refractivity contribution is 0.582. The molecule has 0 bridgehead atoms. The number of rotatable bonds is 3. The Labute approximate surface area is 104 Å². The third-order valence-electron chi connectivity index (χ3n) is 2.13. The zero-order valence-corrected chi connectivity index (χ0v) is 9.78. The molecule has 0 aliphatic carbocycles. The second-order valence-corrected chi connectivity index (χ2v) is 3.74. The number of nitrogens with one attached hydrogen (secondary N) is 1. The summed E-state index contributed by atoms with van der Waals surface area (Å²) >= 11 is 4.66. The highest BCUT2D eigenvalue weighted by Crippen LogP contribution is 2.22. The molecule has 2 aromatic rings. The summed E-state index contributed by atoms with van der Waals surface area (Å²) in [5.74, 6) is 0.794. The maximum absolute atomic E-state index is 5.36. The molecule has 1 aromatic heterocycles. The summed E-state index contributed by atoms with van der Waals surface area (Å²) in [6.07, 6.45) is 3.29. The zero-order chi connectivity index (χ0) is 12.1. The summed E-state index contributed by atoms with van der Waals surface area (Å²) in [4.78, 5) is 0. The van der Waals surface area contributed by atoms with Crippen LogP contribution in [0.2, 0.25) is 0 Å². The molecule has 17 heavy (non-hydrogen) atoms. The highest BCUT2D eigenvalue weighted by atomic mass is 32.1. The van der Waals surface area contributed by atoms with Crippen LogP contribution in [0.15, 0.2) is 52.2 Å². The number of benzene rings is 1. The van der Waals surface area contributed by atoms with Gasteiger partial charge in [0.15, 0.2) is 5.11 Å². The average Bonchev–Trinajstić information content (AvgIpc) is 2.82. The Bertz CT molecular complexity index is 534. The second kappa shape index (κ2) is 5.27. The molecule has 86 valence electrons. The van der Waals surface area contributed by atoms with Crippen LogP contribution in [0.3, 0.4) is 0 Å². The zero-order valence-electron chi connectivity index (χ0n) is 8.96. The van der Waals surface area contributed by atoms with Crippen molar-refractivity contribution < 1.29 is 4.42 Å². The minimum Gasteiger partial charge on any atom is -0.464 e. The first-order valence-corrected chi connectivity index (χ1v) is 5.39. The van der Waals surface area contributed by atoms with Crippen LogP contribution >= 0.6 is 12.2 Å². The molecule has 2 rings (SSSR count). The molecule has 0 saturated heterocycles. The third-order valence-corrected chi connectivity index (χ3v) is 2.22. The first kappa shape index (κ1) is 11.3. The molecule has 0 unspecified atom stereocenters. The fourth-order valence-electron chi connectivity index (χ4n) is 1.43. The van der Waals surface area contributed by atoms with Gasteiger partial charge < -0.3 is 10.2 Å². The van der Waals surface area contributed by atoms with Gasteiger partial charge in [-0.25, -0.2) is 0 Å². The SMILES string of the molecule is NC(=S)NN=Cc1ccccc1-c1ccco1. The molecule has 0 saturated carbocycles. The topological polar surface area (TPSA) is 63.5 Å². The summed E-state index contributed by atoms with van der Waals surface area (Å²) in [6, 6.07) is 11.5. The van der Waals surface area contributed by atoms with Crippen LogP contribution in [-0.2, 0) is 0 Å². The molecule has 0 fully saturated rings. The molecule has 0 amide bonds. The van der Waals surface area contributed by atoms with E-state index in [9.17, 15) is 0 Å². The number of thiocarbonyl (C=S) groups is 1. The molecule has 0 spiro atoms. The van der Waals surface area contributed by atoms with Gasteiger partial charge >= 0.3 is 0 Å². The second-order valence-electron chi connectivity index (χ2n) is 3.30. The van der Waals surface area contributed by atoms with Crippen molar-refractivity contribution in [3.8, 4) is 11.3 Å². The smallest absolute Gasteiger partial charge is 0.184 e. The Morgan fingerprint density at radius 1 is 1.29 bits per heavy atom. The summed E-state index contributed by atoms with van der Waals surface area (Å²) in [5, 5.41) is 4.06. The molecule has 3 N–H and O–H groups in total. The fourth-order valence-corrected chi connectivity index (χ4v) is 1.48. The minimum atomic E-state index is 0.136. The van der Waals surface area contributed by atoms with Crippen molar-refractivity contribution in [1.82, 2.24) is 5.43 Å². The number of nitrogens with zero attached hydrogens (tertiary/aromatic N) is 1. The molecule has 0 radical (unpaired) electrons. The van der Waals surface area contributed by atoms with Gasteiger partial charge in [-0.15, -0.1) is 0 Å². The Morgan fingerprint density at radius 2 is 2.12 bits per heavy atom. The lowest BCUT2D eigenvalue weighted by atomic mass is 10.1.